The molecule has 2 nitrogen and oxygen atoms in total. The largest absolute Gasteiger partial charge is 0.486 e. The van der Waals surface area contributed by atoms with Crippen molar-refractivity contribution in [3.8, 4) is 5.75 Å². The summed E-state index contributed by atoms with van der Waals surface area (Å²) < 4.78 is 8.11. The Labute approximate surface area is 131 Å². The van der Waals surface area contributed by atoms with E-state index in [1.54, 1.807) is 0 Å². The highest BCUT2D eigenvalue weighted by atomic mass is 79.9. The first-order chi connectivity index (χ1) is 8.60. The fraction of sp³-hybridized carbons (Fsp3) is 0.167. The lowest BCUT2D eigenvalue weighted by atomic mass is 10.2. The van der Waals surface area contributed by atoms with Crippen molar-refractivity contribution in [3.63, 3.8) is 0 Å². The monoisotopic (exact) mass is 410 g/mol. The third-order valence-electron chi connectivity index (χ3n) is 2.23. The van der Waals surface area contributed by atoms with Crippen molar-refractivity contribution in [2.24, 2.45) is 0 Å². The molecule has 0 atom stereocenters. The van der Waals surface area contributed by atoms with Crippen LogP contribution in [0.4, 0.5) is 0 Å². The highest BCUT2D eigenvalue weighted by Gasteiger charge is 2.09. The minimum atomic E-state index is -0.00197. The molecular weight excluding hydrogens is 403 g/mol. The summed E-state index contributed by atoms with van der Waals surface area (Å²) in [6, 6.07) is 7.46. The molecule has 0 aliphatic carbocycles. The van der Waals surface area contributed by atoms with E-state index < -0.39 is 0 Å². The second-order valence-corrected chi connectivity index (χ2v) is 7.05. The fourth-order valence-corrected chi connectivity index (χ4v) is 3.93. The molecule has 2 aromatic rings. The van der Waals surface area contributed by atoms with Gasteiger partial charge in [0.05, 0.1) is 19.9 Å². The van der Waals surface area contributed by atoms with Gasteiger partial charge in [-0.1, -0.05) is 11.6 Å². The van der Waals surface area contributed by atoms with E-state index in [1.807, 2.05) is 24.3 Å². The van der Waals surface area contributed by atoms with Crippen LogP contribution in [-0.2, 0) is 13.2 Å². The number of aliphatic hydroxyl groups excluding tert-OH is 1. The summed E-state index contributed by atoms with van der Waals surface area (Å²) in [4.78, 5) is 1.06. The zero-order valence-electron chi connectivity index (χ0n) is 9.12. The van der Waals surface area contributed by atoms with E-state index in [0.717, 1.165) is 29.5 Å². The quantitative estimate of drug-likeness (QED) is 0.766. The summed E-state index contributed by atoms with van der Waals surface area (Å²) in [7, 11) is 0. The minimum Gasteiger partial charge on any atom is -0.486 e. The van der Waals surface area contributed by atoms with Crippen LogP contribution in [0.15, 0.2) is 33.2 Å². The van der Waals surface area contributed by atoms with Crippen molar-refractivity contribution < 1.29 is 9.84 Å². The fourth-order valence-electron chi connectivity index (χ4n) is 1.41. The number of rotatable bonds is 4. The highest BCUT2D eigenvalue weighted by Crippen LogP contribution is 2.35. The van der Waals surface area contributed by atoms with Gasteiger partial charge in [0.25, 0.3) is 0 Å². The average molecular weight is 413 g/mol. The van der Waals surface area contributed by atoms with Gasteiger partial charge >= 0.3 is 0 Å². The van der Waals surface area contributed by atoms with Crippen LogP contribution in [0.1, 0.15) is 10.4 Å². The molecule has 1 N–H and O–H groups in total. The number of thiophene rings is 1. The molecule has 1 aromatic heterocycles. The molecule has 1 heterocycles. The lowest BCUT2D eigenvalue weighted by Crippen LogP contribution is -1.96. The molecule has 6 heteroatoms. The zero-order chi connectivity index (χ0) is 13.1. The summed E-state index contributed by atoms with van der Waals surface area (Å²) in [6.45, 7) is 0.463. The molecule has 0 saturated carbocycles. The molecule has 1 aromatic carbocycles. The Hall–Kier alpha value is -0.0700. The zero-order valence-corrected chi connectivity index (χ0v) is 13.9. The van der Waals surface area contributed by atoms with E-state index in [-0.39, 0.29) is 6.61 Å². The summed E-state index contributed by atoms with van der Waals surface area (Å²) in [5.41, 5.74) is 0.820. The highest BCUT2D eigenvalue weighted by molar-refractivity contribution is 9.11. The van der Waals surface area contributed by atoms with E-state index in [0.29, 0.717) is 6.61 Å². The third kappa shape index (κ3) is 3.48. The van der Waals surface area contributed by atoms with E-state index in [4.69, 9.17) is 21.4 Å². The van der Waals surface area contributed by atoms with Crippen LogP contribution in [0.5, 0.6) is 5.75 Å². The normalized spacial score (nSPS) is 10.7. The molecule has 0 saturated heterocycles. The van der Waals surface area contributed by atoms with Crippen molar-refractivity contribution in [1.82, 2.24) is 0 Å². The maximum absolute atomic E-state index is 9.09. The number of benzene rings is 1. The molecule has 0 radical (unpaired) electrons. The Kier molecular flexibility index (Phi) is 5.09. The Morgan fingerprint density at radius 3 is 2.39 bits per heavy atom. The van der Waals surface area contributed by atoms with Crippen LogP contribution in [0.2, 0.25) is 4.34 Å². The predicted molar refractivity (Wildman–Crippen MR) is 81.4 cm³/mol. The molecule has 96 valence electrons. The SMILES string of the molecule is OCc1cc(Br)c(OCc2ccc(Cl)s2)c(Br)c1. The van der Waals surface area contributed by atoms with Gasteiger partial charge in [0.2, 0.25) is 0 Å². The van der Waals surface area contributed by atoms with Gasteiger partial charge in [0.1, 0.15) is 12.4 Å². The smallest absolute Gasteiger partial charge is 0.148 e. The van der Waals surface area contributed by atoms with Crippen molar-refractivity contribution in [2.75, 3.05) is 0 Å². The molecule has 0 bridgehead atoms. The van der Waals surface area contributed by atoms with Crippen molar-refractivity contribution in [2.45, 2.75) is 13.2 Å². The predicted octanol–water partition coefficient (Wildman–Crippen LogP) is 5.00. The van der Waals surface area contributed by atoms with E-state index >= 15 is 0 Å². The topological polar surface area (TPSA) is 29.5 Å². The van der Waals surface area contributed by atoms with Gasteiger partial charge in [-0.15, -0.1) is 11.3 Å². The molecular formula is C12H9Br2ClO2S. The number of aliphatic hydroxyl groups is 1. The van der Waals surface area contributed by atoms with Crippen LogP contribution < -0.4 is 4.74 Å². The van der Waals surface area contributed by atoms with E-state index in [9.17, 15) is 0 Å². The molecule has 0 unspecified atom stereocenters. The van der Waals surface area contributed by atoms with Gasteiger partial charge in [-0.2, -0.15) is 0 Å². The molecule has 0 aliphatic rings. The first-order valence-electron chi connectivity index (χ1n) is 5.06. The first-order valence-corrected chi connectivity index (χ1v) is 7.84. The van der Waals surface area contributed by atoms with Crippen molar-refractivity contribution in [3.05, 3.63) is 48.0 Å². The Balaban J connectivity index is 2.14. The van der Waals surface area contributed by atoms with Crippen LogP contribution in [0, 0.1) is 0 Å². The van der Waals surface area contributed by atoms with E-state index in [1.165, 1.54) is 11.3 Å². The Morgan fingerprint density at radius 2 is 1.89 bits per heavy atom. The number of halogens is 3. The third-order valence-corrected chi connectivity index (χ3v) is 4.61. The van der Waals surface area contributed by atoms with Crippen LogP contribution in [0.25, 0.3) is 0 Å². The van der Waals surface area contributed by atoms with Gasteiger partial charge in [-0.05, 0) is 61.7 Å². The Morgan fingerprint density at radius 1 is 1.22 bits per heavy atom. The van der Waals surface area contributed by atoms with Gasteiger partial charge in [-0.25, -0.2) is 0 Å². The average Bonchev–Trinajstić information content (AvgIpc) is 2.73. The lowest BCUT2D eigenvalue weighted by molar-refractivity contribution is 0.280. The summed E-state index contributed by atoms with van der Waals surface area (Å²) in [5, 5.41) is 9.09. The van der Waals surface area contributed by atoms with Crippen molar-refractivity contribution >= 4 is 54.8 Å². The number of hydrogen-bond donors (Lipinski definition) is 1. The number of ether oxygens (including phenoxy) is 1. The minimum absolute atomic E-state index is 0.00197. The first kappa shape index (κ1) is 14.3. The van der Waals surface area contributed by atoms with Gasteiger partial charge in [0, 0.05) is 4.88 Å². The summed E-state index contributed by atoms with van der Waals surface area (Å²) in [5.74, 6) is 0.719. The molecule has 2 rings (SSSR count). The summed E-state index contributed by atoms with van der Waals surface area (Å²) >= 11 is 14.2. The number of hydrogen-bond acceptors (Lipinski definition) is 3. The molecule has 0 fully saturated rings. The maximum atomic E-state index is 9.09. The molecule has 0 amide bonds. The molecule has 0 aliphatic heterocycles. The Bertz CT molecular complexity index is 534. The van der Waals surface area contributed by atoms with Crippen LogP contribution in [-0.4, -0.2) is 5.11 Å². The second kappa shape index (κ2) is 6.39. The standard InChI is InChI=1S/C12H9Br2ClO2S/c13-9-3-7(5-16)4-10(14)12(9)17-6-8-1-2-11(15)18-8/h1-4,16H,5-6H2. The molecule has 0 spiro atoms. The summed E-state index contributed by atoms with van der Waals surface area (Å²) in [6.07, 6.45) is 0. The maximum Gasteiger partial charge on any atom is 0.148 e. The van der Waals surface area contributed by atoms with Gasteiger partial charge in [-0.3, -0.25) is 0 Å². The lowest BCUT2D eigenvalue weighted by Gasteiger charge is -2.10. The second-order valence-electron chi connectivity index (χ2n) is 3.54. The van der Waals surface area contributed by atoms with Crippen molar-refractivity contribution in [1.29, 1.82) is 0 Å². The molecule has 18 heavy (non-hydrogen) atoms. The van der Waals surface area contributed by atoms with Gasteiger partial charge in [0.15, 0.2) is 0 Å². The van der Waals surface area contributed by atoms with Crippen LogP contribution >= 0.6 is 54.8 Å². The van der Waals surface area contributed by atoms with Gasteiger partial charge < -0.3 is 9.84 Å². The van der Waals surface area contributed by atoms with Crippen LogP contribution in [0.3, 0.4) is 0 Å². The van der Waals surface area contributed by atoms with E-state index in [2.05, 4.69) is 31.9 Å².